The van der Waals surface area contributed by atoms with Crippen molar-refractivity contribution in [3.8, 4) is 0 Å². The van der Waals surface area contributed by atoms with Crippen LogP contribution in [0.5, 0.6) is 0 Å². The molecule has 0 aromatic carbocycles. The summed E-state index contributed by atoms with van der Waals surface area (Å²) in [6.07, 6.45) is 4.65. The number of hydrogen-bond acceptors (Lipinski definition) is 6. The first-order chi connectivity index (χ1) is 11.8. The van der Waals surface area contributed by atoms with Crippen molar-refractivity contribution in [2.24, 2.45) is 0 Å². The maximum atomic E-state index is 12.6. The number of nitrogens with one attached hydrogen (secondary N) is 1. The van der Waals surface area contributed by atoms with Crippen LogP contribution in [0.2, 0.25) is 0 Å². The molecule has 2 aromatic heterocycles. The zero-order valence-corrected chi connectivity index (χ0v) is 14.0. The monoisotopic (exact) mass is 345 g/mol. The highest BCUT2D eigenvalue weighted by molar-refractivity contribution is 5.93. The quantitative estimate of drug-likeness (QED) is 0.755. The zero-order chi connectivity index (χ0) is 18.2. The van der Waals surface area contributed by atoms with Crippen LogP contribution in [-0.4, -0.2) is 54.1 Å². The smallest absolute Gasteiger partial charge is 0.328 e. The van der Waals surface area contributed by atoms with Crippen molar-refractivity contribution in [2.45, 2.75) is 31.9 Å². The highest BCUT2D eigenvalue weighted by Gasteiger charge is 2.41. The van der Waals surface area contributed by atoms with Gasteiger partial charge in [0.2, 0.25) is 0 Å². The minimum absolute atomic E-state index is 0.0515. The number of carbonyl (C=O) groups is 1. The summed E-state index contributed by atoms with van der Waals surface area (Å²) in [5.74, 6) is 0.298. The number of nitrogens with zero attached hydrogens (tertiary/aromatic N) is 4. The summed E-state index contributed by atoms with van der Waals surface area (Å²) in [6.45, 7) is 3.71. The zero-order valence-electron chi connectivity index (χ0n) is 14.0. The molecule has 0 bridgehead atoms. The number of carbonyl (C=O) groups excluding carboxylic acids is 1. The van der Waals surface area contributed by atoms with Gasteiger partial charge < -0.3 is 10.0 Å². The molecule has 1 aliphatic heterocycles. The topological polar surface area (TPSA) is 121 Å². The molecule has 0 saturated carbocycles. The van der Waals surface area contributed by atoms with Crippen LogP contribution in [0.15, 0.2) is 34.2 Å². The number of piperidine rings is 1. The summed E-state index contributed by atoms with van der Waals surface area (Å²) in [5.41, 5.74) is -2.06. The Balaban J connectivity index is 1.82. The Morgan fingerprint density at radius 3 is 2.64 bits per heavy atom. The molecule has 1 aliphatic rings. The van der Waals surface area contributed by atoms with Crippen molar-refractivity contribution in [1.82, 2.24) is 24.4 Å². The molecule has 1 saturated heterocycles. The van der Waals surface area contributed by atoms with E-state index < -0.39 is 22.9 Å². The van der Waals surface area contributed by atoms with E-state index in [9.17, 15) is 19.5 Å². The molecule has 0 aliphatic carbocycles. The van der Waals surface area contributed by atoms with Crippen LogP contribution >= 0.6 is 0 Å². The molecule has 3 rings (SSSR count). The van der Waals surface area contributed by atoms with Crippen LogP contribution < -0.4 is 11.2 Å². The average molecular weight is 345 g/mol. The molecule has 2 atom stereocenters. The molecule has 0 spiro atoms. The first kappa shape index (κ1) is 17.0. The number of β-amino-alcohol motifs (C(OH)–C–C–N with tert-alkyl or cyclic N) is 1. The summed E-state index contributed by atoms with van der Waals surface area (Å²) in [7, 11) is 0. The normalized spacial score (nSPS) is 23.5. The Morgan fingerprint density at radius 2 is 2.04 bits per heavy atom. The largest absolute Gasteiger partial charge is 0.386 e. The SMILES string of the molecule is Cc1ncc(C(=O)N2CC[C@@H](n3ccc(=O)[nH]c3=O)[C@](C)(O)C2)cn1. The van der Waals surface area contributed by atoms with Gasteiger partial charge in [0, 0.05) is 31.2 Å². The van der Waals surface area contributed by atoms with E-state index in [1.54, 1.807) is 13.8 Å². The van der Waals surface area contributed by atoms with Crippen molar-refractivity contribution < 1.29 is 9.90 Å². The highest BCUT2D eigenvalue weighted by Crippen LogP contribution is 2.31. The van der Waals surface area contributed by atoms with Gasteiger partial charge in [0.15, 0.2) is 0 Å². The molecule has 2 aromatic rings. The molecule has 25 heavy (non-hydrogen) atoms. The molecule has 0 radical (unpaired) electrons. The van der Waals surface area contributed by atoms with E-state index in [0.717, 1.165) is 0 Å². The highest BCUT2D eigenvalue weighted by atomic mass is 16.3. The van der Waals surface area contributed by atoms with Crippen LogP contribution in [-0.2, 0) is 0 Å². The second kappa shape index (κ2) is 6.25. The number of rotatable bonds is 2. The molecule has 0 unspecified atom stereocenters. The second-order valence-corrected chi connectivity index (χ2v) is 6.42. The standard InChI is InChI=1S/C16H19N5O4/c1-10-17-7-11(8-18-10)14(23)20-5-3-12(16(2,25)9-20)21-6-4-13(22)19-15(21)24/h4,6-8,12,25H,3,5,9H2,1-2H3,(H,19,22,24)/t12-,16-/m1/s1. The summed E-state index contributed by atoms with van der Waals surface area (Å²) >= 11 is 0. The number of aromatic nitrogens is 4. The van der Waals surface area contributed by atoms with Crippen LogP contribution in [0, 0.1) is 6.92 Å². The van der Waals surface area contributed by atoms with Crippen LogP contribution in [0.1, 0.15) is 35.6 Å². The van der Waals surface area contributed by atoms with Crippen molar-refractivity contribution in [2.75, 3.05) is 13.1 Å². The maximum absolute atomic E-state index is 12.6. The van der Waals surface area contributed by atoms with Crippen molar-refractivity contribution in [3.05, 3.63) is 56.9 Å². The van der Waals surface area contributed by atoms with Gasteiger partial charge in [-0.2, -0.15) is 0 Å². The number of H-pyrrole nitrogens is 1. The summed E-state index contributed by atoms with van der Waals surface area (Å²) in [6, 6.07) is 0.689. The summed E-state index contributed by atoms with van der Waals surface area (Å²) < 4.78 is 1.30. The first-order valence-electron chi connectivity index (χ1n) is 7.90. The lowest BCUT2D eigenvalue weighted by Gasteiger charge is -2.43. The minimum atomic E-state index is -1.33. The third-order valence-electron chi connectivity index (χ3n) is 4.40. The molecule has 1 fully saturated rings. The predicted octanol–water partition coefficient (Wildman–Crippen LogP) is -0.527. The van der Waals surface area contributed by atoms with Gasteiger partial charge in [-0.1, -0.05) is 0 Å². The minimum Gasteiger partial charge on any atom is -0.386 e. The molecule has 9 heteroatoms. The predicted molar refractivity (Wildman–Crippen MR) is 88.3 cm³/mol. The molecule has 9 nitrogen and oxygen atoms in total. The van der Waals surface area contributed by atoms with Crippen molar-refractivity contribution in [1.29, 1.82) is 0 Å². The number of likely N-dealkylation sites (tertiary alicyclic amines) is 1. The summed E-state index contributed by atoms with van der Waals surface area (Å²) in [4.78, 5) is 47.5. The van der Waals surface area contributed by atoms with Crippen LogP contribution in [0.25, 0.3) is 0 Å². The molecule has 2 N–H and O–H groups in total. The van der Waals surface area contributed by atoms with E-state index in [2.05, 4.69) is 15.0 Å². The number of aromatic amines is 1. The fraction of sp³-hybridized carbons (Fsp3) is 0.438. The number of aliphatic hydroxyl groups is 1. The molecule has 3 heterocycles. The average Bonchev–Trinajstić information content (AvgIpc) is 2.55. The van der Waals surface area contributed by atoms with Crippen molar-refractivity contribution in [3.63, 3.8) is 0 Å². The van der Waals surface area contributed by atoms with E-state index in [-0.39, 0.29) is 12.5 Å². The fourth-order valence-corrected chi connectivity index (χ4v) is 3.13. The van der Waals surface area contributed by atoms with Gasteiger partial charge in [-0.05, 0) is 20.3 Å². The van der Waals surface area contributed by atoms with Crippen LogP contribution in [0.4, 0.5) is 0 Å². The van der Waals surface area contributed by atoms with Crippen molar-refractivity contribution >= 4 is 5.91 Å². The molecular weight excluding hydrogens is 326 g/mol. The van der Waals surface area contributed by atoms with Gasteiger partial charge in [-0.25, -0.2) is 14.8 Å². The third kappa shape index (κ3) is 3.36. The van der Waals surface area contributed by atoms with E-state index in [1.807, 2.05) is 0 Å². The van der Waals surface area contributed by atoms with Gasteiger partial charge in [-0.3, -0.25) is 19.1 Å². The van der Waals surface area contributed by atoms with E-state index >= 15 is 0 Å². The van der Waals surface area contributed by atoms with E-state index in [0.29, 0.717) is 24.4 Å². The number of aryl methyl sites for hydroxylation is 1. The molecular formula is C16H19N5O4. The summed E-state index contributed by atoms with van der Waals surface area (Å²) in [5, 5.41) is 10.8. The van der Waals surface area contributed by atoms with Gasteiger partial charge in [0.25, 0.3) is 11.5 Å². The second-order valence-electron chi connectivity index (χ2n) is 6.42. The molecule has 132 valence electrons. The van der Waals surface area contributed by atoms with Gasteiger partial charge in [-0.15, -0.1) is 0 Å². The molecule has 1 amide bonds. The number of amides is 1. The lowest BCUT2D eigenvalue weighted by molar-refractivity contribution is -0.0504. The third-order valence-corrected chi connectivity index (χ3v) is 4.40. The van der Waals surface area contributed by atoms with Gasteiger partial charge >= 0.3 is 5.69 Å². The number of hydrogen-bond donors (Lipinski definition) is 2. The van der Waals surface area contributed by atoms with E-state index in [4.69, 9.17) is 0 Å². The Bertz CT molecular complexity index is 900. The Labute approximate surface area is 143 Å². The van der Waals surface area contributed by atoms with Gasteiger partial charge in [0.05, 0.1) is 18.2 Å². The van der Waals surface area contributed by atoms with E-state index in [1.165, 1.54) is 34.1 Å². The first-order valence-corrected chi connectivity index (χ1v) is 7.90. The van der Waals surface area contributed by atoms with Gasteiger partial charge in [0.1, 0.15) is 11.4 Å². The maximum Gasteiger partial charge on any atom is 0.328 e. The Kier molecular flexibility index (Phi) is 4.25. The lowest BCUT2D eigenvalue weighted by atomic mass is 9.88. The van der Waals surface area contributed by atoms with Crippen LogP contribution in [0.3, 0.4) is 0 Å². The Hall–Kier alpha value is -2.81. The lowest BCUT2D eigenvalue weighted by Crippen LogP contribution is -2.56. The fourth-order valence-electron chi connectivity index (χ4n) is 3.13. The Morgan fingerprint density at radius 1 is 1.36 bits per heavy atom.